The molecule has 1 heterocycles. The van der Waals surface area contributed by atoms with E-state index in [0.717, 1.165) is 31.4 Å². The first-order valence-electron chi connectivity index (χ1n) is 4.92. The summed E-state index contributed by atoms with van der Waals surface area (Å²) in [5.41, 5.74) is 0.974. The lowest BCUT2D eigenvalue weighted by molar-refractivity contribution is -0.143. The van der Waals surface area contributed by atoms with Crippen molar-refractivity contribution in [3.05, 3.63) is 17.1 Å². The number of hydrogen-bond acceptors (Lipinski definition) is 3. The van der Waals surface area contributed by atoms with Gasteiger partial charge in [-0.25, -0.2) is 0 Å². The zero-order valence-electron chi connectivity index (χ0n) is 7.85. The molecule has 2 atom stereocenters. The SMILES string of the molecule is O=C(O)C1CCCCC1c1ccsn1. The molecule has 0 saturated heterocycles. The standard InChI is InChI=1S/C10H13NO2S/c12-10(13)8-4-2-1-3-7(8)9-5-6-14-11-9/h5-8H,1-4H2,(H,12,13). The van der Waals surface area contributed by atoms with Crippen molar-refractivity contribution in [3.63, 3.8) is 0 Å². The van der Waals surface area contributed by atoms with Crippen molar-refractivity contribution in [2.24, 2.45) is 5.92 Å². The van der Waals surface area contributed by atoms with Crippen LogP contribution < -0.4 is 0 Å². The first kappa shape index (κ1) is 9.65. The van der Waals surface area contributed by atoms with E-state index in [2.05, 4.69) is 4.37 Å². The van der Waals surface area contributed by atoms with E-state index in [9.17, 15) is 4.79 Å². The van der Waals surface area contributed by atoms with Crippen molar-refractivity contribution in [1.29, 1.82) is 0 Å². The fourth-order valence-corrected chi connectivity index (χ4v) is 2.77. The average Bonchev–Trinajstić information content (AvgIpc) is 2.70. The quantitative estimate of drug-likeness (QED) is 0.817. The van der Waals surface area contributed by atoms with E-state index in [1.165, 1.54) is 11.5 Å². The fraction of sp³-hybridized carbons (Fsp3) is 0.600. The van der Waals surface area contributed by atoms with Crippen LogP contribution in [0.4, 0.5) is 0 Å². The van der Waals surface area contributed by atoms with Gasteiger partial charge in [-0.2, -0.15) is 4.37 Å². The van der Waals surface area contributed by atoms with Gasteiger partial charge in [-0.3, -0.25) is 4.79 Å². The van der Waals surface area contributed by atoms with Gasteiger partial charge in [0.1, 0.15) is 0 Å². The van der Waals surface area contributed by atoms with Crippen LogP contribution in [0, 0.1) is 5.92 Å². The summed E-state index contributed by atoms with van der Waals surface area (Å²) in [6.45, 7) is 0. The van der Waals surface area contributed by atoms with E-state index in [-0.39, 0.29) is 11.8 Å². The van der Waals surface area contributed by atoms with Crippen LogP contribution in [0.25, 0.3) is 0 Å². The van der Waals surface area contributed by atoms with Gasteiger partial charge in [0.05, 0.1) is 11.6 Å². The van der Waals surface area contributed by atoms with E-state index in [0.29, 0.717) is 0 Å². The third-order valence-electron chi connectivity index (χ3n) is 2.92. The number of rotatable bonds is 2. The Hall–Kier alpha value is -0.900. The summed E-state index contributed by atoms with van der Waals surface area (Å²) >= 11 is 1.40. The predicted molar refractivity (Wildman–Crippen MR) is 54.4 cm³/mol. The summed E-state index contributed by atoms with van der Waals surface area (Å²) in [6, 6.07) is 1.95. The Balaban J connectivity index is 2.18. The van der Waals surface area contributed by atoms with Gasteiger partial charge in [-0.05, 0) is 30.4 Å². The van der Waals surface area contributed by atoms with Crippen LogP contribution in [-0.4, -0.2) is 15.4 Å². The molecular formula is C10H13NO2S. The van der Waals surface area contributed by atoms with Crippen molar-refractivity contribution in [2.45, 2.75) is 31.6 Å². The molecule has 1 fully saturated rings. The van der Waals surface area contributed by atoms with Crippen molar-refractivity contribution in [2.75, 3.05) is 0 Å². The maximum absolute atomic E-state index is 11.0. The zero-order valence-corrected chi connectivity index (χ0v) is 8.67. The van der Waals surface area contributed by atoms with Crippen LogP contribution in [0.1, 0.15) is 37.3 Å². The molecular weight excluding hydrogens is 198 g/mol. The van der Waals surface area contributed by atoms with Gasteiger partial charge in [0.2, 0.25) is 0 Å². The molecule has 1 saturated carbocycles. The van der Waals surface area contributed by atoms with Gasteiger partial charge >= 0.3 is 5.97 Å². The van der Waals surface area contributed by atoms with Crippen LogP contribution in [0.2, 0.25) is 0 Å². The highest BCUT2D eigenvalue weighted by atomic mass is 32.1. The van der Waals surface area contributed by atoms with Crippen LogP contribution >= 0.6 is 11.5 Å². The maximum Gasteiger partial charge on any atom is 0.307 e. The number of carbonyl (C=O) groups is 1. The highest BCUT2D eigenvalue weighted by Crippen LogP contribution is 2.37. The monoisotopic (exact) mass is 211 g/mol. The average molecular weight is 211 g/mol. The molecule has 1 aromatic rings. The fourth-order valence-electron chi connectivity index (χ4n) is 2.19. The Morgan fingerprint density at radius 3 is 2.93 bits per heavy atom. The van der Waals surface area contributed by atoms with Crippen molar-refractivity contribution >= 4 is 17.5 Å². The van der Waals surface area contributed by atoms with Crippen LogP contribution in [-0.2, 0) is 4.79 Å². The molecule has 0 spiro atoms. The lowest BCUT2D eigenvalue weighted by atomic mass is 9.77. The second kappa shape index (κ2) is 4.09. The maximum atomic E-state index is 11.0. The second-order valence-electron chi connectivity index (χ2n) is 3.76. The van der Waals surface area contributed by atoms with E-state index in [1.807, 2.05) is 11.4 Å². The van der Waals surface area contributed by atoms with Crippen LogP contribution in [0.3, 0.4) is 0 Å². The molecule has 1 aliphatic rings. The molecule has 0 aliphatic heterocycles. The van der Waals surface area contributed by atoms with Gasteiger partial charge in [0, 0.05) is 11.3 Å². The van der Waals surface area contributed by atoms with Crippen LogP contribution in [0.5, 0.6) is 0 Å². The summed E-state index contributed by atoms with van der Waals surface area (Å²) in [4.78, 5) is 11.0. The number of nitrogens with zero attached hydrogens (tertiary/aromatic N) is 1. The number of carboxylic acid groups (broad SMARTS) is 1. The van der Waals surface area contributed by atoms with Crippen molar-refractivity contribution < 1.29 is 9.90 Å². The highest BCUT2D eigenvalue weighted by Gasteiger charge is 2.32. The molecule has 0 bridgehead atoms. The lowest BCUT2D eigenvalue weighted by Crippen LogP contribution is -2.25. The number of carboxylic acids is 1. The molecule has 0 radical (unpaired) electrons. The molecule has 1 aromatic heterocycles. The molecule has 76 valence electrons. The minimum atomic E-state index is -0.664. The third-order valence-corrected chi connectivity index (χ3v) is 3.49. The molecule has 2 unspecified atom stereocenters. The molecule has 3 nitrogen and oxygen atoms in total. The topological polar surface area (TPSA) is 50.2 Å². The Morgan fingerprint density at radius 2 is 2.29 bits per heavy atom. The van der Waals surface area contributed by atoms with Gasteiger partial charge in [-0.15, -0.1) is 0 Å². The summed E-state index contributed by atoms with van der Waals surface area (Å²) in [5, 5.41) is 11.0. The smallest absolute Gasteiger partial charge is 0.307 e. The molecule has 2 rings (SSSR count). The molecule has 1 aliphatic carbocycles. The number of aromatic nitrogens is 1. The Bertz CT molecular complexity index is 310. The molecule has 1 N–H and O–H groups in total. The molecule has 4 heteroatoms. The van der Waals surface area contributed by atoms with E-state index in [4.69, 9.17) is 5.11 Å². The van der Waals surface area contributed by atoms with Crippen molar-refractivity contribution in [3.8, 4) is 0 Å². The summed E-state index contributed by atoms with van der Waals surface area (Å²) in [5.74, 6) is -0.735. The summed E-state index contributed by atoms with van der Waals surface area (Å²) < 4.78 is 4.25. The predicted octanol–water partition coefficient (Wildman–Crippen LogP) is 2.50. The second-order valence-corrected chi connectivity index (χ2v) is 4.43. The third kappa shape index (κ3) is 1.80. The van der Waals surface area contributed by atoms with Gasteiger partial charge in [0.15, 0.2) is 0 Å². The molecule has 0 amide bonds. The molecule has 0 aromatic carbocycles. The van der Waals surface area contributed by atoms with Crippen molar-refractivity contribution in [1.82, 2.24) is 4.37 Å². The van der Waals surface area contributed by atoms with Gasteiger partial charge < -0.3 is 5.11 Å². The highest BCUT2D eigenvalue weighted by molar-refractivity contribution is 7.03. The number of aliphatic carboxylic acids is 1. The van der Waals surface area contributed by atoms with Crippen LogP contribution in [0.15, 0.2) is 11.4 Å². The largest absolute Gasteiger partial charge is 0.481 e. The normalized spacial score (nSPS) is 27.4. The summed E-state index contributed by atoms with van der Waals surface area (Å²) in [7, 11) is 0. The van der Waals surface area contributed by atoms with Gasteiger partial charge in [-0.1, -0.05) is 12.8 Å². The lowest BCUT2D eigenvalue weighted by Gasteiger charge is -2.26. The van der Waals surface area contributed by atoms with Gasteiger partial charge in [0.25, 0.3) is 0 Å². The Kier molecular flexibility index (Phi) is 2.82. The van der Waals surface area contributed by atoms with E-state index < -0.39 is 5.97 Å². The first-order chi connectivity index (χ1) is 6.79. The number of hydrogen-bond donors (Lipinski definition) is 1. The summed E-state index contributed by atoms with van der Waals surface area (Å²) in [6.07, 6.45) is 3.95. The Morgan fingerprint density at radius 1 is 1.50 bits per heavy atom. The zero-order chi connectivity index (χ0) is 9.97. The minimum Gasteiger partial charge on any atom is -0.481 e. The van der Waals surface area contributed by atoms with E-state index >= 15 is 0 Å². The minimum absolute atomic E-state index is 0.146. The first-order valence-corrected chi connectivity index (χ1v) is 5.76. The van der Waals surface area contributed by atoms with E-state index in [1.54, 1.807) is 0 Å². The molecule has 14 heavy (non-hydrogen) atoms. The Labute approximate surface area is 86.9 Å².